The summed E-state index contributed by atoms with van der Waals surface area (Å²) in [6.45, 7) is 5.27. The van der Waals surface area contributed by atoms with Crippen LogP contribution in [0, 0.1) is 0 Å². The molecule has 0 radical (unpaired) electrons. The molecule has 2 aliphatic rings. The van der Waals surface area contributed by atoms with Crippen molar-refractivity contribution in [1.82, 2.24) is 25.3 Å². The number of amides is 1. The number of halogens is 1. The molecule has 0 spiro atoms. The lowest BCUT2D eigenvalue weighted by Gasteiger charge is -2.29. The van der Waals surface area contributed by atoms with E-state index in [0.29, 0.717) is 18.3 Å². The first kappa shape index (κ1) is 22.7. The molecule has 4 rings (SSSR count). The third kappa shape index (κ3) is 6.04. The van der Waals surface area contributed by atoms with E-state index in [1.807, 2.05) is 10.9 Å². The van der Waals surface area contributed by atoms with Crippen LogP contribution in [0.15, 0.2) is 36.5 Å². The predicted molar refractivity (Wildman–Crippen MR) is 119 cm³/mol. The topological polar surface area (TPSA) is 82.4 Å². The number of rotatable bonds is 6. The summed E-state index contributed by atoms with van der Waals surface area (Å²) in [4.78, 5) is 14.8. The summed E-state index contributed by atoms with van der Waals surface area (Å²) in [5.74, 6) is -0.136. The molecule has 1 amide bonds. The number of nitrogens with zero attached hydrogens (tertiary/aromatic N) is 3. The fourth-order valence-corrected chi connectivity index (χ4v) is 4.09. The fraction of sp³-hybridized carbons (Fsp3) is 0.545. The van der Waals surface area contributed by atoms with Crippen LogP contribution in [-0.4, -0.2) is 58.0 Å². The van der Waals surface area contributed by atoms with Gasteiger partial charge in [0.25, 0.3) is 5.91 Å². The van der Waals surface area contributed by atoms with Crippen molar-refractivity contribution in [2.24, 2.45) is 0 Å². The maximum absolute atomic E-state index is 12.4. The largest absolute Gasteiger partial charge is 0.393 e. The second-order valence-corrected chi connectivity index (χ2v) is 8.19. The quantitative estimate of drug-likeness (QED) is 0.650. The van der Waals surface area contributed by atoms with Gasteiger partial charge in [-0.05, 0) is 49.4 Å². The second-order valence-electron chi connectivity index (χ2n) is 8.19. The lowest BCUT2D eigenvalue weighted by molar-refractivity contribution is 0.0792. The predicted octanol–water partition coefficient (Wildman–Crippen LogP) is 2.12. The fourth-order valence-electron chi connectivity index (χ4n) is 4.09. The Labute approximate surface area is 184 Å². The number of carbonyl (C=O) groups is 1. The number of carbonyl (C=O) groups excluding carboxylic acids is 1. The van der Waals surface area contributed by atoms with Gasteiger partial charge in [0.15, 0.2) is 0 Å². The van der Waals surface area contributed by atoms with Crippen LogP contribution in [-0.2, 0) is 13.1 Å². The average molecular weight is 434 g/mol. The number of hydrogen-bond acceptors (Lipinski definition) is 5. The molecule has 2 aromatic rings. The molecule has 0 aliphatic carbocycles. The molecule has 164 valence electrons. The first-order valence-electron chi connectivity index (χ1n) is 10.7. The van der Waals surface area contributed by atoms with Gasteiger partial charge in [0.2, 0.25) is 0 Å². The standard InChI is InChI=1S/C22H31N5O2.ClH/c28-20-7-11-26(12-8-20)16-18-5-3-17(4-6-18)14-24-22(29)21-9-13-27(25-21)19-2-1-10-23-15-19;/h3-6,9,13,19-20,23,28H,1-2,7-8,10-12,14-16H2,(H,24,29);1H. The minimum absolute atomic E-state index is 0. The van der Waals surface area contributed by atoms with E-state index in [1.165, 1.54) is 5.56 Å². The molecule has 1 unspecified atom stereocenters. The minimum atomic E-state index is -0.136. The normalized spacial score (nSPS) is 20.5. The average Bonchev–Trinajstić information content (AvgIpc) is 3.26. The summed E-state index contributed by atoms with van der Waals surface area (Å²) in [7, 11) is 0. The first-order chi connectivity index (χ1) is 14.2. The van der Waals surface area contributed by atoms with E-state index >= 15 is 0 Å². The number of aliphatic hydroxyl groups is 1. The van der Waals surface area contributed by atoms with E-state index < -0.39 is 0 Å². The summed E-state index contributed by atoms with van der Waals surface area (Å²) in [6, 6.07) is 10.5. The van der Waals surface area contributed by atoms with Crippen LogP contribution in [0.4, 0.5) is 0 Å². The van der Waals surface area contributed by atoms with Gasteiger partial charge in [-0.1, -0.05) is 24.3 Å². The molecule has 0 saturated carbocycles. The van der Waals surface area contributed by atoms with Crippen LogP contribution < -0.4 is 10.6 Å². The minimum Gasteiger partial charge on any atom is -0.393 e. The first-order valence-corrected chi connectivity index (χ1v) is 10.7. The number of nitrogens with one attached hydrogen (secondary N) is 2. The van der Waals surface area contributed by atoms with E-state index in [1.54, 1.807) is 6.07 Å². The molecule has 2 fully saturated rings. The Hall–Kier alpha value is -1.93. The Morgan fingerprint density at radius 1 is 1.13 bits per heavy atom. The molecular weight excluding hydrogens is 402 g/mol. The molecule has 8 heteroatoms. The Morgan fingerprint density at radius 2 is 1.87 bits per heavy atom. The number of likely N-dealkylation sites (tertiary alicyclic amines) is 1. The highest BCUT2D eigenvalue weighted by molar-refractivity contribution is 5.92. The Balaban J connectivity index is 0.00000256. The molecular formula is C22H32ClN5O2. The van der Waals surface area contributed by atoms with Crippen molar-refractivity contribution in [3.05, 3.63) is 53.3 Å². The number of aliphatic hydroxyl groups excluding tert-OH is 1. The molecule has 1 aromatic carbocycles. The van der Waals surface area contributed by atoms with Crippen LogP contribution in [0.5, 0.6) is 0 Å². The summed E-state index contributed by atoms with van der Waals surface area (Å²) in [6.07, 6.45) is 5.72. The Bertz CT molecular complexity index is 796. The Morgan fingerprint density at radius 3 is 2.57 bits per heavy atom. The third-order valence-corrected chi connectivity index (χ3v) is 5.93. The highest BCUT2D eigenvalue weighted by Gasteiger charge is 2.18. The van der Waals surface area contributed by atoms with Crippen LogP contribution >= 0.6 is 12.4 Å². The van der Waals surface area contributed by atoms with E-state index in [2.05, 4.69) is 44.9 Å². The van der Waals surface area contributed by atoms with Gasteiger partial charge in [0.05, 0.1) is 12.1 Å². The van der Waals surface area contributed by atoms with Gasteiger partial charge in [-0.2, -0.15) is 5.10 Å². The maximum Gasteiger partial charge on any atom is 0.272 e. The highest BCUT2D eigenvalue weighted by atomic mass is 35.5. The van der Waals surface area contributed by atoms with Gasteiger partial charge in [-0.3, -0.25) is 14.4 Å². The zero-order chi connectivity index (χ0) is 20.1. The lowest BCUT2D eigenvalue weighted by atomic mass is 10.1. The van der Waals surface area contributed by atoms with Crippen molar-refractivity contribution in [1.29, 1.82) is 0 Å². The zero-order valence-corrected chi connectivity index (χ0v) is 18.1. The second kappa shape index (κ2) is 10.9. The van der Waals surface area contributed by atoms with Gasteiger partial charge in [0, 0.05) is 38.9 Å². The van der Waals surface area contributed by atoms with Crippen LogP contribution in [0.25, 0.3) is 0 Å². The van der Waals surface area contributed by atoms with Crippen molar-refractivity contribution in [3.8, 4) is 0 Å². The van der Waals surface area contributed by atoms with Gasteiger partial charge in [-0.15, -0.1) is 12.4 Å². The summed E-state index contributed by atoms with van der Waals surface area (Å²) in [5.41, 5.74) is 2.81. The SMILES string of the molecule is Cl.O=C(NCc1ccc(CN2CCC(O)CC2)cc1)c1ccn(C2CCCNC2)n1. The maximum atomic E-state index is 12.4. The van der Waals surface area contributed by atoms with E-state index in [4.69, 9.17) is 0 Å². The van der Waals surface area contributed by atoms with Gasteiger partial charge in [-0.25, -0.2) is 0 Å². The number of hydrogen-bond donors (Lipinski definition) is 3. The van der Waals surface area contributed by atoms with Crippen molar-refractivity contribution in [2.75, 3.05) is 26.2 Å². The van der Waals surface area contributed by atoms with Crippen molar-refractivity contribution in [2.45, 2.75) is 50.9 Å². The summed E-state index contributed by atoms with van der Waals surface area (Å²) >= 11 is 0. The highest BCUT2D eigenvalue weighted by Crippen LogP contribution is 2.16. The van der Waals surface area contributed by atoms with Crippen molar-refractivity contribution >= 4 is 18.3 Å². The number of aromatic nitrogens is 2. The molecule has 1 aromatic heterocycles. The molecule has 7 nitrogen and oxygen atoms in total. The van der Waals surface area contributed by atoms with E-state index in [9.17, 15) is 9.90 Å². The van der Waals surface area contributed by atoms with Gasteiger partial charge >= 0.3 is 0 Å². The molecule has 30 heavy (non-hydrogen) atoms. The molecule has 3 N–H and O–H groups in total. The zero-order valence-electron chi connectivity index (χ0n) is 17.3. The van der Waals surface area contributed by atoms with Crippen LogP contribution in [0.1, 0.15) is 53.3 Å². The van der Waals surface area contributed by atoms with Crippen molar-refractivity contribution in [3.63, 3.8) is 0 Å². The van der Waals surface area contributed by atoms with Crippen LogP contribution in [0.2, 0.25) is 0 Å². The van der Waals surface area contributed by atoms with Gasteiger partial charge < -0.3 is 15.7 Å². The van der Waals surface area contributed by atoms with E-state index in [0.717, 1.165) is 64.0 Å². The monoisotopic (exact) mass is 433 g/mol. The lowest BCUT2D eigenvalue weighted by Crippen LogP contribution is -2.35. The van der Waals surface area contributed by atoms with Gasteiger partial charge in [0.1, 0.15) is 5.69 Å². The Kier molecular flexibility index (Phi) is 8.27. The van der Waals surface area contributed by atoms with Crippen molar-refractivity contribution < 1.29 is 9.90 Å². The van der Waals surface area contributed by atoms with Crippen LogP contribution in [0.3, 0.4) is 0 Å². The third-order valence-electron chi connectivity index (χ3n) is 5.93. The number of benzene rings is 1. The number of piperidine rings is 2. The molecule has 1 atom stereocenters. The molecule has 2 aliphatic heterocycles. The smallest absolute Gasteiger partial charge is 0.272 e. The molecule has 3 heterocycles. The summed E-state index contributed by atoms with van der Waals surface area (Å²) in [5, 5.41) is 20.4. The summed E-state index contributed by atoms with van der Waals surface area (Å²) < 4.78 is 1.91. The molecule has 2 saturated heterocycles. The van der Waals surface area contributed by atoms with E-state index in [-0.39, 0.29) is 24.4 Å². The molecule has 0 bridgehead atoms.